The minimum absolute atomic E-state index is 0.714. The van der Waals surface area contributed by atoms with Crippen LogP contribution in [0.5, 0.6) is 0 Å². The zero-order valence-corrected chi connectivity index (χ0v) is 9.03. The van der Waals surface area contributed by atoms with Crippen LogP contribution in [-0.4, -0.2) is 21.6 Å². The van der Waals surface area contributed by atoms with E-state index in [1.165, 1.54) is 17.8 Å². The van der Waals surface area contributed by atoms with Crippen molar-refractivity contribution in [1.82, 2.24) is 15.2 Å². The van der Waals surface area contributed by atoms with Crippen LogP contribution in [-0.2, 0) is 11.3 Å². The summed E-state index contributed by atoms with van der Waals surface area (Å²) >= 11 is 1.93. The van der Waals surface area contributed by atoms with Crippen LogP contribution in [0.3, 0.4) is 0 Å². The van der Waals surface area contributed by atoms with Gasteiger partial charge in [0.15, 0.2) is 0 Å². The van der Waals surface area contributed by atoms with E-state index in [9.17, 15) is 13.6 Å². The fourth-order valence-electron chi connectivity index (χ4n) is 0.806. The maximum absolute atomic E-state index is 13.0. The van der Waals surface area contributed by atoms with Gasteiger partial charge in [-0.1, -0.05) is 0 Å². The van der Waals surface area contributed by atoms with Gasteiger partial charge in [-0.15, -0.1) is 0 Å². The summed E-state index contributed by atoms with van der Waals surface area (Å²) < 4.78 is 27.6. The number of nitrogens with two attached hydrogens (primary N) is 1. The molecule has 0 atom stereocenters. The highest BCUT2D eigenvalue weighted by atomic mass is 127. The normalized spacial score (nSPS) is 11.4. The van der Waals surface area contributed by atoms with Crippen LogP contribution in [0.4, 0.5) is 8.78 Å². The van der Waals surface area contributed by atoms with Gasteiger partial charge < -0.3 is 0 Å². The van der Waals surface area contributed by atoms with E-state index in [2.05, 4.69) is 10.9 Å². The van der Waals surface area contributed by atoms with Crippen molar-refractivity contribution >= 4 is 28.5 Å². The molecule has 0 radical (unpaired) electrons. The topological polar surface area (TPSA) is 72.9 Å². The van der Waals surface area contributed by atoms with E-state index in [4.69, 9.17) is 0 Å². The van der Waals surface area contributed by atoms with E-state index in [1.807, 2.05) is 22.6 Å². The van der Waals surface area contributed by atoms with Crippen molar-refractivity contribution < 1.29 is 13.6 Å². The number of halogens is 3. The molecule has 1 aromatic heterocycles. The van der Waals surface area contributed by atoms with Gasteiger partial charge in [0, 0.05) is 6.20 Å². The Morgan fingerprint density at radius 1 is 1.79 bits per heavy atom. The predicted octanol–water partition coefficient (Wildman–Crippen LogP) is 0.113. The Labute approximate surface area is 91.7 Å². The lowest BCUT2D eigenvalue weighted by Crippen LogP contribution is -2.46. The first-order valence-corrected chi connectivity index (χ1v) is 4.60. The lowest BCUT2D eigenvalue weighted by atomic mass is 10.3. The molecule has 78 valence electrons. The Kier molecular flexibility index (Phi) is 3.37. The zero-order chi connectivity index (χ0) is 10.8. The van der Waals surface area contributed by atoms with E-state index in [1.54, 1.807) is 0 Å². The van der Waals surface area contributed by atoms with Crippen molar-refractivity contribution in [3.8, 4) is 0 Å². The van der Waals surface area contributed by atoms with Gasteiger partial charge in [0.25, 0.3) is 0 Å². The van der Waals surface area contributed by atoms with Crippen molar-refractivity contribution in [2.45, 2.75) is 12.5 Å². The molecule has 8 heteroatoms. The molecule has 3 N–H and O–H groups in total. The molecule has 1 amide bonds. The number of aromatic nitrogens is 2. The smallest absolute Gasteiger partial charge is 0.289 e. The number of nitrogens with zero attached hydrogens (tertiary/aromatic N) is 2. The van der Waals surface area contributed by atoms with Gasteiger partial charge in [-0.2, -0.15) is 13.9 Å². The molecule has 0 unspecified atom stereocenters. The minimum atomic E-state index is -3.55. The van der Waals surface area contributed by atoms with Gasteiger partial charge in [0.2, 0.25) is 0 Å². The average molecular weight is 316 g/mol. The number of hydrazine groups is 1. The molecule has 0 fully saturated rings. The molecule has 1 heterocycles. The molecule has 0 aromatic carbocycles. The van der Waals surface area contributed by atoms with Crippen LogP contribution in [0.2, 0.25) is 0 Å². The molecule has 0 saturated carbocycles. The van der Waals surface area contributed by atoms with Crippen molar-refractivity contribution in [3.05, 3.63) is 16.0 Å². The number of carbonyl (C=O) groups is 1. The Bertz CT molecular complexity index is 340. The van der Waals surface area contributed by atoms with Crippen LogP contribution in [0.15, 0.2) is 12.4 Å². The highest BCUT2D eigenvalue weighted by Crippen LogP contribution is 2.16. The molecular weight excluding hydrogens is 309 g/mol. The quantitative estimate of drug-likeness (QED) is 0.360. The first-order chi connectivity index (χ1) is 6.45. The largest absolute Gasteiger partial charge is 0.344 e. The number of carbonyl (C=O) groups excluding carboxylic acids is 1. The van der Waals surface area contributed by atoms with Crippen molar-refractivity contribution in [3.63, 3.8) is 0 Å². The second-order valence-electron chi connectivity index (χ2n) is 2.53. The second kappa shape index (κ2) is 4.17. The molecular formula is C6H7F2IN4O. The lowest BCUT2D eigenvalue weighted by molar-refractivity contribution is -0.147. The van der Waals surface area contributed by atoms with Crippen LogP contribution in [0.1, 0.15) is 0 Å². The Morgan fingerprint density at radius 2 is 2.43 bits per heavy atom. The van der Waals surface area contributed by atoms with E-state index in [-0.39, 0.29) is 0 Å². The molecule has 14 heavy (non-hydrogen) atoms. The van der Waals surface area contributed by atoms with Crippen LogP contribution < -0.4 is 11.3 Å². The van der Waals surface area contributed by atoms with Crippen LogP contribution in [0.25, 0.3) is 0 Å². The van der Waals surface area contributed by atoms with Gasteiger partial charge in [-0.25, -0.2) is 5.84 Å². The number of hydrogen-bond donors (Lipinski definition) is 2. The first kappa shape index (κ1) is 11.3. The molecule has 0 bridgehead atoms. The summed E-state index contributed by atoms with van der Waals surface area (Å²) in [5, 5.41) is 3.63. The summed E-state index contributed by atoms with van der Waals surface area (Å²) in [4.78, 5) is 10.6. The van der Waals surface area contributed by atoms with E-state index < -0.39 is 18.4 Å². The zero-order valence-electron chi connectivity index (χ0n) is 6.88. The van der Waals surface area contributed by atoms with Crippen LogP contribution in [0, 0.1) is 3.57 Å². The number of rotatable bonds is 3. The molecule has 1 rings (SSSR count). The van der Waals surface area contributed by atoms with Crippen molar-refractivity contribution in [2.75, 3.05) is 0 Å². The summed E-state index contributed by atoms with van der Waals surface area (Å²) in [7, 11) is 0. The summed E-state index contributed by atoms with van der Waals surface area (Å²) in [5.41, 5.74) is 1.40. The third-order valence-electron chi connectivity index (χ3n) is 1.43. The Morgan fingerprint density at radius 3 is 2.86 bits per heavy atom. The van der Waals surface area contributed by atoms with Crippen molar-refractivity contribution in [2.24, 2.45) is 5.84 Å². The standard InChI is InChI=1S/C6H7F2IN4O/c7-6(8,5(14)12-10)3-13-2-4(9)1-11-13/h1-2H,3,10H2,(H,12,14). The summed E-state index contributed by atoms with van der Waals surface area (Å²) in [6.45, 7) is -0.820. The Hall–Kier alpha value is -0.770. The monoisotopic (exact) mass is 316 g/mol. The Balaban J connectivity index is 2.72. The maximum atomic E-state index is 13.0. The molecule has 0 aliphatic heterocycles. The van der Waals surface area contributed by atoms with E-state index in [0.717, 1.165) is 4.68 Å². The number of alkyl halides is 2. The van der Waals surface area contributed by atoms with Crippen molar-refractivity contribution in [1.29, 1.82) is 0 Å². The van der Waals surface area contributed by atoms with E-state index >= 15 is 0 Å². The highest BCUT2D eigenvalue weighted by Gasteiger charge is 2.39. The third-order valence-corrected chi connectivity index (χ3v) is 1.98. The number of amides is 1. The predicted molar refractivity (Wildman–Crippen MR) is 52.2 cm³/mol. The number of nitrogens with one attached hydrogen (secondary N) is 1. The third kappa shape index (κ3) is 2.61. The van der Waals surface area contributed by atoms with E-state index in [0.29, 0.717) is 3.57 Å². The SMILES string of the molecule is NNC(=O)C(F)(F)Cn1cc(I)cn1. The van der Waals surface area contributed by atoms with Gasteiger partial charge in [-0.05, 0) is 22.6 Å². The summed E-state index contributed by atoms with van der Waals surface area (Å²) in [6.07, 6.45) is 2.81. The van der Waals surface area contributed by atoms with Gasteiger partial charge in [0.05, 0.1) is 9.77 Å². The fourth-order valence-corrected chi connectivity index (χ4v) is 1.25. The fraction of sp³-hybridized carbons (Fsp3) is 0.333. The minimum Gasteiger partial charge on any atom is -0.289 e. The van der Waals surface area contributed by atoms with Gasteiger partial charge >= 0.3 is 11.8 Å². The molecule has 1 aromatic rings. The van der Waals surface area contributed by atoms with Crippen LogP contribution >= 0.6 is 22.6 Å². The summed E-state index contributed by atoms with van der Waals surface area (Å²) in [5.74, 6) is -0.470. The van der Waals surface area contributed by atoms with Gasteiger partial charge in [-0.3, -0.25) is 14.9 Å². The molecule has 5 nitrogen and oxygen atoms in total. The average Bonchev–Trinajstić information content (AvgIpc) is 2.48. The maximum Gasteiger partial charge on any atom is 0.344 e. The molecule has 0 spiro atoms. The lowest BCUT2D eigenvalue weighted by Gasteiger charge is -2.13. The summed E-state index contributed by atoms with van der Waals surface area (Å²) in [6, 6.07) is 0. The molecule has 0 saturated heterocycles. The number of hydrogen-bond acceptors (Lipinski definition) is 3. The highest BCUT2D eigenvalue weighted by molar-refractivity contribution is 14.1. The van der Waals surface area contributed by atoms with Gasteiger partial charge in [0.1, 0.15) is 6.54 Å². The molecule has 0 aliphatic carbocycles. The first-order valence-electron chi connectivity index (χ1n) is 3.52. The second-order valence-corrected chi connectivity index (χ2v) is 3.78. The molecule has 0 aliphatic rings.